The van der Waals surface area contributed by atoms with Crippen LogP contribution in [0.3, 0.4) is 0 Å². The summed E-state index contributed by atoms with van der Waals surface area (Å²) in [5.74, 6) is -0.469. The molecule has 0 bridgehead atoms. The molecule has 0 saturated carbocycles. The van der Waals surface area contributed by atoms with Gasteiger partial charge in [0.1, 0.15) is 12.6 Å². The standard InChI is InChI=1S/C17H24N2O3/c1-5-6-7-22-16(20)10-19-15-9-12(3)11(2)8-14(15)18-13(4)17(19)21/h8-9,13,18H,5-7,10H2,1-4H3. The number of carbonyl (C=O) groups is 2. The highest BCUT2D eigenvalue weighted by Gasteiger charge is 2.31. The van der Waals surface area contributed by atoms with Gasteiger partial charge >= 0.3 is 5.97 Å². The normalized spacial score (nSPS) is 17.0. The van der Waals surface area contributed by atoms with Gasteiger partial charge in [-0.3, -0.25) is 14.5 Å². The molecule has 1 aliphatic rings. The maximum absolute atomic E-state index is 12.4. The number of anilines is 2. The molecular formula is C17H24N2O3. The van der Waals surface area contributed by atoms with Gasteiger partial charge in [0, 0.05) is 0 Å². The second kappa shape index (κ2) is 6.81. The molecule has 1 aromatic rings. The van der Waals surface area contributed by atoms with E-state index in [0.717, 1.165) is 35.3 Å². The Morgan fingerprint density at radius 3 is 2.68 bits per heavy atom. The summed E-state index contributed by atoms with van der Waals surface area (Å²) in [6, 6.07) is 3.61. The summed E-state index contributed by atoms with van der Waals surface area (Å²) < 4.78 is 5.18. The van der Waals surface area contributed by atoms with E-state index in [1.807, 2.05) is 32.9 Å². The monoisotopic (exact) mass is 304 g/mol. The van der Waals surface area contributed by atoms with E-state index in [9.17, 15) is 9.59 Å². The van der Waals surface area contributed by atoms with Gasteiger partial charge in [0.2, 0.25) is 5.91 Å². The van der Waals surface area contributed by atoms with Gasteiger partial charge in [0.15, 0.2) is 0 Å². The van der Waals surface area contributed by atoms with Gasteiger partial charge in [-0.1, -0.05) is 13.3 Å². The fourth-order valence-corrected chi connectivity index (χ4v) is 2.46. The van der Waals surface area contributed by atoms with Crippen LogP contribution in [0.1, 0.15) is 37.8 Å². The van der Waals surface area contributed by atoms with Crippen molar-refractivity contribution in [2.75, 3.05) is 23.4 Å². The number of hydrogen-bond donors (Lipinski definition) is 1. The van der Waals surface area contributed by atoms with E-state index in [4.69, 9.17) is 4.74 Å². The Hall–Kier alpha value is -2.04. The van der Waals surface area contributed by atoms with Gasteiger partial charge in [0.05, 0.1) is 18.0 Å². The fraction of sp³-hybridized carbons (Fsp3) is 0.529. The first-order chi connectivity index (χ1) is 10.4. The molecule has 1 atom stereocenters. The number of unbranched alkanes of at least 4 members (excludes halogenated alkanes) is 1. The molecule has 2 rings (SSSR count). The van der Waals surface area contributed by atoms with Gasteiger partial charge < -0.3 is 10.1 Å². The molecule has 5 heteroatoms. The Balaban J connectivity index is 2.21. The number of benzene rings is 1. The molecule has 0 radical (unpaired) electrons. The van der Waals surface area contributed by atoms with Gasteiger partial charge in [-0.25, -0.2) is 0 Å². The number of rotatable bonds is 5. The van der Waals surface area contributed by atoms with Crippen LogP contribution in [0, 0.1) is 13.8 Å². The molecule has 1 aliphatic heterocycles. The third kappa shape index (κ3) is 3.40. The van der Waals surface area contributed by atoms with Crippen molar-refractivity contribution >= 4 is 23.3 Å². The molecule has 0 aliphatic carbocycles. The van der Waals surface area contributed by atoms with Crippen molar-refractivity contribution in [2.45, 2.75) is 46.6 Å². The molecule has 0 spiro atoms. The summed E-state index contributed by atoms with van der Waals surface area (Å²) in [6.45, 7) is 8.24. The van der Waals surface area contributed by atoms with E-state index in [1.54, 1.807) is 6.92 Å². The minimum atomic E-state index is -0.361. The highest BCUT2D eigenvalue weighted by Crippen LogP contribution is 2.33. The van der Waals surface area contributed by atoms with Crippen LogP contribution >= 0.6 is 0 Å². The van der Waals surface area contributed by atoms with Crippen LogP contribution in [0.5, 0.6) is 0 Å². The van der Waals surface area contributed by atoms with E-state index < -0.39 is 0 Å². The zero-order valence-electron chi connectivity index (χ0n) is 13.7. The van der Waals surface area contributed by atoms with Crippen molar-refractivity contribution in [3.05, 3.63) is 23.3 Å². The Labute approximate surface area is 131 Å². The van der Waals surface area contributed by atoms with E-state index in [2.05, 4.69) is 5.32 Å². The third-order valence-electron chi connectivity index (χ3n) is 3.96. The molecule has 22 heavy (non-hydrogen) atoms. The first kappa shape index (κ1) is 16.3. The Morgan fingerprint density at radius 1 is 1.32 bits per heavy atom. The number of carbonyl (C=O) groups excluding carboxylic acids is 2. The molecular weight excluding hydrogens is 280 g/mol. The predicted molar refractivity (Wildman–Crippen MR) is 87.2 cm³/mol. The van der Waals surface area contributed by atoms with Crippen molar-refractivity contribution in [1.82, 2.24) is 0 Å². The van der Waals surface area contributed by atoms with Crippen LogP contribution in [0.25, 0.3) is 0 Å². The first-order valence-corrected chi connectivity index (χ1v) is 7.78. The number of nitrogens with zero attached hydrogens (tertiary/aromatic N) is 1. The third-order valence-corrected chi connectivity index (χ3v) is 3.96. The van der Waals surface area contributed by atoms with Gasteiger partial charge in [0.25, 0.3) is 0 Å². The van der Waals surface area contributed by atoms with Crippen molar-refractivity contribution in [1.29, 1.82) is 0 Å². The van der Waals surface area contributed by atoms with Gasteiger partial charge in [-0.2, -0.15) is 0 Å². The van der Waals surface area contributed by atoms with Crippen LogP contribution in [-0.2, 0) is 14.3 Å². The zero-order valence-corrected chi connectivity index (χ0v) is 13.7. The van der Waals surface area contributed by atoms with Crippen molar-refractivity contribution in [3.63, 3.8) is 0 Å². The van der Waals surface area contributed by atoms with Crippen LogP contribution in [-0.4, -0.2) is 31.1 Å². The molecule has 0 saturated heterocycles. The van der Waals surface area contributed by atoms with E-state index in [-0.39, 0.29) is 24.5 Å². The average molecular weight is 304 g/mol. The van der Waals surface area contributed by atoms with Crippen LogP contribution in [0.4, 0.5) is 11.4 Å². The number of amides is 1. The van der Waals surface area contributed by atoms with E-state index in [1.165, 1.54) is 4.90 Å². The average Bonchev–Trinajstić information content (AvgIpc) is 2.47. The maximum atomic E-state index is 12.4. The van der Waals surface area contributed by atoms with Gasteiger partial charge in [-0.05, 0) is 50.5 Å². The molecule has 5 nitrogen and oxygen atoms in total. The Morgan fingerprint density at radius 2 is 2.00 bits per heavy atom. The predicted octanol–water partition coefficient (Wildman–Crippen LogP) is 2.79. The molecule has 1 heterocycles. The topological polar surface area (TPSA) is 58.6 Å². The summed E-state index contributed by atoms with van der Waals surface area (Å²) in [5, 5.41) is 3.19. The summed E-state index contributed by atoms with van der Waals surface area (Å²) in [4.78, 5) is 25.9. The summed E-state index contributed by atoms with van der Waals surface area (Å²) >= 11 is 0. The van der Waals surface area contributed by atoms with Crippen molar-refractivity contribution in [3.8, 4) is 0 Å². The molecule has 1 unspecified atom stereocenters. The Bertz CT molecular complexity index is 584. The number of nitrogens with one attached hydrogen (secondary N) is 1. The van der Waals surface area contributed by atoms with Crippen molar-refractivity contribution in [2.24, 2.45) is 0 Å². The molecule has 0 fully saturated rings. The Kier molecular flexibility index (Phi) is 5.06. The number of hydrogen-bond acceptors (Lipinski definition) is 4. The quantitative estimate of drug-likeness (QED) is 0.671. The van der Waals surface area contributed by atoms with Crippen molar-refractivity contribution < 1.29 is 14.3 Å². The number of esters is 1. The lowest BCUT2D eigenvalue weighted by Crippen LogP contribution is -2.48. The second-order valence-corrected chi connectivity index (χ2v) is 5.82. The SMILES string of the molecule is CCCCOC(=O)CN1C(=O)C(C)Nc2cc(C)c(C)cc21. The smallest absolute Gasteiger partial charge is 0.326 e. The lowest BCUT2D eigenvalue weighted by molar-refractivity contribution is -0.143. The highest BCUT2D eigenvalue weighted by atomic mass is 16.5. The second-order valence-electron chi connectivity index (χ2n) is 5.82. The minimum Gasteiger partial charge on any atom is -0.464 e. The van der Waals surface area contributed by atoms with Crippen LogP contribution < -0.4 is 10.2 Å². The highest BCUT2D eigenvalue weighted by molar-refractivity contribution is 6.07. The van der Waals surface area contributed by atoms with E-state index in [0.29, 0.717) is 6.61 Å². The lowest BCUT2D eigenvalue weighted by atomic mass is 10.0. The van der Waals surface area contributed by atoms with Crippen LogP contribution in [0.2, 0.25) is 0 Å². The summed E-state index contributed by atoms with van der Waals surface area (Å²) in [5.41, 5.74) is 3.88. The summed E-state index contributed by atoms with van der Waals surface area (Å²) in [7, 11) is 0. The fourth-order valence-electron chi connectivity index (χ4n) is 2.46. The van der Waals surface area contributed by atoms with Crippen LogP contribution in [0.15, 0.2) is 12.1 Å². The number of ether oxygens (including phenoxy) is 1. The summed E-state index contributed by atoms with van der Waals surface area (Å²) in [6.07, 6.45) is 1.81. The number of aryl methyl sites for hydroxylation is 2. The minimum absolute atomic E-state index is 0.0376. The zero-order chi connectivity index (χ0) is 16.3. The maximum Gasteiger partial charge on any atom is 0.326 e. The first-order valence-electron chi connectivity index (χ1n) is 7.78. The molecule has 0 aromatic heterocycles. The molecule has 1 N–H and O–H groups in total. The van der Waals surface area contributed by atoms with Gasteiger partial charge in [-0.15, -0.1) is 0 Å². The molecule has 1 aromatic carbocycles. The largest absolute Gasteiger partial charge is 0.464 e. The van der Waals surface area contributed by atoms with E-state index >= 15 is 0 Å². The lowest BCUT2D eigenvalue weighted by Gasteiger charge is -2.34. The molecule has 1 amide bonds. The number of fused-ring (bicyclic) bond motifs is 1. The molecule has 120 valence electrons.